The molecule has 9 heteroatoms. The summed E-state index contributed by atoms with van der Waals surface area (Å²) in [5.74, 6) is 1.01. The molecule has 1 amide bonds. The number of carbonyl (C=O) groups excluding carboxylic acids is 1. The van der Waals surface area contributed by atoms with Gasteiger partial charge < -0.3 is 19.5 Å². The van der Waals surface area contributed by atoms with Gasteiger partial charge in [-0.3, -0.25) is 9.59 Å². The van der Waals surface area contributed by atoms with E-state index in [2.05, 4.69) is 20.7 Å². The first-order valence-electron chi connectivity index (χ1n) is 13.1. The van der Waals surface area contributed by atoms with Crippen molar-refractivity contribution < 1.29 is 14.4 Å². The number of hydroxylamine groups is 1. The van der Waals surface area contributed by atoms with Crippen LogP contribution in [0.1, 0.15) is 58.4 Å². The van der Waals surface area contributed by atoms with Gasteiger partial charge in [-0.1, -0.05) is 18.6 Å². The normalized spacial score (nSPS) is 18.3. The van der Waals surface area contributed by atoms with Crippen LogP contribution in [0.25, 0.3) is 11.3 Å². The molecule has 2 aliphatic rings. The summed E-state index contributed by atoms with van der Waals surface area (Å²) in [6.07, 6.45) is 4.39. The third-order valence-electron chi connectivity index (χ3n) is 6.58. The van der Waals surface area contributed by atoms with Crippen LogP contribution in [-0.2, 0) is 16.2 Å². The number of likely N-dealkylation sites (tertiary alicyclic amines) is 1. The number of aliphatic imine (C=N–C) groups is 1. The minimum absolute atomic E-state index is 0.112. The Bertz CT molecular complexity index is 1180. The van der Waals surface area contributed by atoms with Gasteiger partial charge in [0.2, 0.25) is 5.91 Å². The highest BCUT2D eigenvalue weighted by Gasteiger charge is 2.24. The molecule has 1 atom stereocenters. The predicted molar refractivity (Wildman–Crippen MR) is 145 cm³/mol. The fraction of sp³-hybridized carbons (Fsp3) is 0.536. The van der Waals surface area contributed by atoms with E-state index in [1.54, 1.807) is 17.7 Å². The summed E-state index contributed by atoms with van der Waals surface area (Å²) < 4.78 is 7.02. The number of amidine groups is 1. The van der Waals surface area contributed by atoms with Crippen LogP contribution < -0.4 is 21.1 Å². The smallest absolute Gasteiger partial charge is 0.262 e. The maximum atomic E-state index is 13.7. The van der Waals surface area contributed by atoms with E-state index >= 15 is 0 Å². The summed E-state index contributed by atoms with van der Waals surface area (Å²) in [4.78, 5) is 39.1. The van der Waals surface area contributed by atoms with Crippen LogP contribution >= 0.6 is 0 Å². The van der Waals surface area contributed by atoms with Crippen LogP contribution in [-0.4, -0.2) is 59.7 Å². The third-order valence-corrected chi connectivity index (χ3v) is 6.58. The van der Waals surface area contributed by atoms with E-state index in [-0.39, 0.29) is 36.2 Å². The fourth-order valence-electron chi connectivity index (χ4n) is 4.75. The summed E-state index contributed by atoms with van der Waals surface area (Å²) in [6, 6.07) is 11.2. The molecule has 200 valence electrons. The maximum Gasteiger partial charge on any atom is 0.262 e. The lowest BCUT2D eigenvalue weighted by molar-refractivity contribution is -0.122. The molecular weight excluding hydrogens is 470 g/mol. The molecule has 2 aliphatic heterocycles. The second-order valence-corrected chi connectivity index (χ2v) is 10.7. The number of ether oxygens (including phenoxy) is 1. The number of nitrogens with one attached hydrogen (secondary N) is 2. The molecule has 1 saturated heterocycles. The molecule has 1 fully saturated rings. The highest BCUT2D eigenvalue weighted by molar-refractivity contribution is 5.98. The molecule has 1 aromatic carbocycles. The minimum atomic E-state index is -0.345. The summed E-state index contributed by atoms with van der Waals surface area (Å²) in [7, 11) is 1.61. The number of hydrogen-bond acceptors (Lipinski definition) is 7. The fourth-order valence-corrected chi connectivity index (χ4v) is 4.75. The van der Waals surface area contributed by atoms with Crippen molar-refractivity contribution in [1.29, 1.82) is 0 Å². The van der Waals surface area contributed by atoms with E-state index in [1.807, 2.05) is 51.1 Å². The van der Waals surface area contributed by atoms with Crippen molar-refractivity contribution in [3.05, 3.63) is 52.3 Å². The van der Waals surface area contributed by atoms with Gasteiger partial charge in [0, 0.05) is 37.0 Å². The maximum absolute atomic E-state index is 13.7. The Morgan fingerprint density at radius 3 is 2.68 bits per heavy atom. The average Bonchev–Trinajstić information content (AvgIpc) is 3.35. The molecule has 0 radical (unpaired) electrons. The van der Waals surface area contributed by atoms with Gasteiger partial charge in [-0.15, -0.1) is 0 Å². The standard InChI is InChI=1S/C28H39N5O4/c1-28(2,3)30-24(34)13-18-33-23(20-9-8-10-21(19-20)36-4)12-11-22(27(33)35)26-29-25(37-31-26)14-17-32-15-6-5-7-16-32/h8-12,19,25H,5-7,13-18H2,1-4H3,(H,29,31)(H,30,34)/t25-/m0/s1. The molecular formula is C28H39N5O4. The Balaban J connectivity index is 1.58. The van der Waals surface area contributed by atoms with Crippen molar-refractivity contribution >= 4 is 11.7 Å². The molecule has 9 nitrogen and oxygen atoms in total. The highest BCUT2D eigenvalue weighted by atomic mass is 16.7. The second-order valence-electron chi connectivity index (χ2n) is 10.7. The molecule has 0 aliphatic carbocycles. The lowest BCUT2D eigenvalue weighted by Gasteiger charge is -2.26. The summed E-state index contributed by atoms with van der Waals surface area (Å²) in [5.41, 5.74) is 4.26. The zero-order valence-corrected chi connectivity index (χ0v) is 22.4. The van der Waals surface area contributed by atoms with Crippen molar-refractivity contribution in [2.75, 3.05) is 26.7 Å². The summed E-state index contributed by atoms with van der Waals surface area (Å²) in [5, 5.41) is 2.97. The van der Waals surface area contributed by atoms with E-state index in [1.165, 1.54) is 19.3 Å². The van der Waals surface area contributed by atoms with E-state index < -0.39 is 0 Å². The minimum Gasteiger partial charge on any atom is -0.497 e. The van der Waals surface area contributed by atoms with Gasteiger partial charge in [0.25, 0.3) is 5.56 Å². The van der Waals surface area contributed by atoms with E-state index in [4.69, 9.17) is 9.57 Å². The van der Waals surface area contributed by atoms with Crippen molar-refractivity contribution in [2.24, 2.45) is 4.99 Å². The second kappa shape index (κ2) is 11.9. The Labute approximate surface area is 218 Å². The predicted octanol–water partition coefficient (Wildman–Crippen LogP) is 3.31. The summed E-state index contributed by atoms with van der Waals surface area (Å²) in [6.45, 7) is 9.20. The van der Waals surface area contributed by atoms with Crippen LogP contribution in [0, 0.1) is 0 Å². The SMILES string of the molecule is COc1cccc(-c2ccc(C3=N[C@H](CCN4CCCCC4)ON3)c(=O)n2CCC(=O)NC(C)(C)C)c1. The van der Waals surface area contributed by atoms with Gasteiger partial charge in [0.1, 0.15) is 5.75 Å². The average molecular weight is 510 g/mol. The number of piperidine rings is 1. The lowest BCUT2D eigenvalue weighted by Crippen LogP contribution is -2.41. The van der Waals surface area contributed by atoms with Crippen molar-refractivity contribution in [3.8, 4) is 17.0 Å². The first-order chi connectivity index (χ1) is 17.7. The third kappa shape index (κ3) is 7.20. The van der Waals surface area contributed by atoms with Gasteiger partial charge in [-0.05, 0) is 71.0 Å². The number of nitrogens with zero attached hydrogens (tertiary/aromatic N) is 3. The molecule has 0 bridgehead atoms. The van der Waals surface area contributed by atoms with Crippen molar-refractivity contribution in [2.45, 2.75) is 71.2 Å². The van der Waals surface area contributed by atoms with Crippen LogP contribution in [0.5, 0.6) is 5.75 Å². The molecule has 0 spiro atoms. The Hall–Kier alpha value is -3.17. The molecule has 2 aromatic rings. The van der Waals surface area contributed by atoms with Crippen LogP contribution in [0.15, 0.2) is 46.2 Å². The number of hydrogen-bond donors (Lipinski definition) is 2. The number of methoxy groups -OCH3 is 1. The topological polar surface area (TPSA) is 97.2 Å². The first kappa shape index (κ1) is 26.9. The zero-order chi connectivity index (χ0) is 26.4. The number of amides is 1. The first-order valence-corrected chi connectivity index (χ1v) is 13.1. The number of carbonyl (C=O) groups is 1. The van der Waals surface area contributed by atoms with Gasteiger partial charge in [0.05, 0.1) is 18.4 Å². The van der Waals surface area contributed by atoms with Crippen LogP contribution in [0.2, 0.25) is 0 Å². The van der Waals surface area contributed by atoms with Crippen LogP contribution in [0.4, 0.5) is 0 Å². The lowest BCUT2D eigenvalue weighted by atomic mass is 10.1. The number of benzene rings is 1. The monoisotopic (exact) mass is 509 g/mol. The van der Waals surface area contributed by atoms with Gasteiger partial charge >= 0.3 is 0 Å². The number of pyridine rings is 1. The van der Waals surface area contributed by atoms with Gasteiger partial charge in [-0.25, -0.2) is 15.3 Å². The Morgan fingerprint density at radius 1 is 1.16 bits per heavy atom. The summed E-state index contributed by atoms with van der Waals surface area (Å²) >= 11 is 0. The van der Waals surface area contributed by atoms with Gasteiger partial charge in [-0.2, -0.15) is 0 Å². The Kier molecular flexibility index (Phi) is 8.66. The quantitative estimate of drug-likeness (QED) is 0.538. The van der Waals surface area contributed by atoms with Crippen molar-refractivity contribution in [1.82, 2.24) is 20.3 Å². The number of rotatable bonds is 9. The molecule has 0 saturated carbocycles. The highest BCUT2D eigenvalue weighted by Crippen LogP contribution is 2.24. The van der Waals surface area contributed by atoms with Crippen LogP contribution in [0.3, 0.4) is 0 Å². The van der Waals surface area contributed by atoms with E-state index in [0.29, 0.717) is 22.8 Å². The number of aromatic nitrogens is 1. The Morgan fingerprint density at radius 2 is 1.95 bits per heavy atom. The molecule has 3 heterocycles. The molecule has 0 unspecified atom stereocenters. The van der Waals surface area contributed by atoms with E-state index in [9.17, 15) is 9.59 Å². The van der Waals surface area contributed by atoms with Crippen molar-refractivity contribution in [3.63, 3.8) is 0 Å². The van der Waals surface area contributed by atoms with Gasteiger partial charge in [0.15, 0.2) is 12.1 Å². The molecule has 4 rings (SSSR count). The molecule has 37 heavy (non-hydrogen) atoms. The molecule has 2 N–H and O–H groups in total. The molecule has 1 aromatic heterocycles. The largest absolute Gasteiger partial charge is 0.497 e. The van der Waals surface area contributed by atoms with E-state index in [0.717, 1.165) is 31.6 Å². The zero-order valence-electron chi connectivity index (χ0n) is 22.4.